The van der Waals surface area contributed by atoms with E-state index in [1.807, 2.05) is 19.1 Å². The molecule has 0 radical (unpaired) electrons. The number of aryl methyl sites for hydroxylation is 1. The summed E-state index contributed by atoms with van der Waals surface area (Å²) in [4.78, 5) is 12.0. The zero-order valence-electron chi connectivity index (χ0n) is 10.4. The van der Waals surface area contributed by atoms with Gasteiger partial charge in [0, 0.05) is 21.7 Å². The van der Waals surface area contributed by atoms with E-state index in [4.69, 9.17) is 0 Å². The highest BCUT2D eigenvalue weighted by molar-refractivity contribution is 9.10. The number of rotatable bonds is 3. The Morgan fingerprint density at radius 1 is 1.00 bits per heavy atom. The van der Waals surface area contributed by atoms with Gasteiger partial charge < -0.3 is 5.11 Å². The number of ketones is 1. The maximum atomic E-state index is 12.0. The van der Waals surface area contributed by atoms with Crippen LogP contribution in [0.5, 0.6) is 0 Å². The first kappa shape index (κ1) is 13.6. The number of aliphatic hydroxyl groups excluding tert-OH is 1. The summed E-state index contributed by atoms with van der Waals surface area (Å²) in [5.74, 6) is -0.238. The number of allylic oxidation sites excluding steroid dienone is 1. The first-order chi connectivity index (χ1) is 9.06. The fourth-order valence-electron chi connectivity index (χ4n) is 1.63. The molecule has 2 aromatic rings. The summed E-state index contributed by atoms with van der Waals surface area (Å²) in [5, 5.41) is 9.93. The highest BCUT2D eigenvalue weighted by atomic mass is 79.9. The fraction of sp³-hybridized carbons (Fsp3) is 0.0625. The minimum atomic E-state index is -0.217. The van der Waals surface area contributed by atoms with Gasteiger partial charge in [0.15, 0.2) is 5.78 Å². The molecule has 2 rings (SSSR count). The molecule has 0 bridgehead atoms. The molecular weight excluding hydrogens is 304 g/mol. The van der Waals surface area contributed by atoms with Crippen molar-refractivity contribution in [1.82, 2.24) is 0 Å². The molecule has 0 aliphatic heterocycles. The molecule has 96 valence electrons. The van der Waals surface area contributed by atoms with Crippen LogP contribution in [-0.2, 0) is 0 Å². The summed E-state index contributed by atoms with van der Waals surface area (Å²) >= 11 is 3.31. The zero-order valence-corrected chi connectivity index (χ0v) is 12.0. The predicted octanol–water partition coefficient (Wildman–Crippen LogP) is 4.54. The predicted molar refractivity (Wildman–Crippen MR) is 80.3 cm³/mol. The molecule has 0 fully saturated rings. The van der Waals surface area contributed by atoms with E-state index in [9.17, 15) is 9.90 Å². The van der Waals surface area contributed by atoms with E-state index in [2.05, 4.69) is 15.9 Å². The molecule has 0 amide bonds. The van der Waals surface area contributed by atoms with Gasteiger partial charge in [-0.05, 0) is 31.2 Å². The molecule has 0 unspecified atom stereocenters. The van der Waals surface area contributed by atoms with Crippen LogP contribution in [0.4, 0.5) is 0 Å². The van der Waals surface area contributed by atoms with E-state index in [1.54, 1.807) is 36.4 Å². The lowest BCUT2D eigenvalue weighted by Gasteiger charge is -2.01. The number of halogens is 1. The lowest BCUT2D eigenvalue weighted by Crippen LogP contribution is -1.96. The van der Waals surface area contributed by atoms with Crippen molar-refractivity contribution in [1.29, 1.82) is 0 Å². The first-order valence-electron chi connectivity index (χ1n) is 5.84. The smallest absolute Gasteiger partial charge is 0.189 e. The van der Waals surface area contributed by atoms with Crippen molar-refractivity contribution >= 4 is 27.5 Å². The highest BCUT2D eigenvalue weighted by Crippen LogP contribution is 2.15. The average Bonchev–Trinajstić information content (AvgIpc) is 2.40. The number of aliphatic hydroxyl groups is 1. The SMILES string of the molecule is Cc1ccc(/C(O)=C/C(=O)c2ccc(Br)cc2)cc1. The molecule has 0 heterocycles. The maximum absolute atomic E-state index is 12.0. The first-order valence-corrected chi connectivity index (χ1v) is 6.63. The Kier molecular flexibility index (Phi) is 4.17. The van der Waals surface area contributed by atoms with Crippen molar-refractivity contribution in [3.63, 3.8) is 0 Å². The maximum Gasteiger partial charge on any atom is 0.189 e. The van der Waals surface area contributed by atoms with E-state index >= 15 is 0 Å². The number of benzene rings is 2. The van der Waals surface area contributed by atoms with E-state index in [0.29, 0.717) is 11.1 Å². The Labute approximate surface area is 120 Å². The molecule has 2 nitrogen and oxygen atoms in total. The molecule has 0 saturated carbocycles. The highest BCUT2D eigenvalue weighted by Gasteiger charge is 2.06. The Balaban J connectivity index is 2.22. The molecule has 0 saturated heterocycles. The molecule has 1 N–H and O–H groups in total. The molecule has 0 spiro atoms. The standard InChI is InChI=1S/C16H13BrO2/c1-11-2-4-12(5-3-11)15(18)10-16(19)13-6-8-14(17)9-7-13/h2-10,18H,1H3/b15-10-. The fourth-order valence-corrected chi connectivity index (χ4v) is 1.89. The molecule has 0 aliphatic rings. The Morgan fingerprint density at radius 2 is 1.53 bits per heavy atom. The van der Waals surface area contributed by atoms with Gasteiger partial charge in [0.25, 0.3) is 0 Å². The Bertz CT molecular complexity index is 610. The van der Waals surface area contributed by atoms with E-state index in [-0.39, 0.29) is 11.5 Å². The summed E-state index contributed by atoms with van der Waals surface area (Å²) in [7, 11) is 0. The topological polar surface area (TPSA) is 37.3 Å². The van der Waals surface area contributed by atoms with Crippen LogP contribution in [0.15, 0.2) is 59.1 Å². The Morgan fingerprint density at radius 3 is 2.11 bits per heavy atom. The van der Waals surface area contributed by atoms with Gasteiger partial charge in [0.1, 0.15) is 5.76 Å². The van der Waals surface area contributed by atoms with Gasteiger partial charge in [-0.25, -0.2) is 0 Å². The van der Waals surface area contributed by atoms with Crippen molar-refractivity contribution < 1.29 is 9.90 Å². The van der Waals surface area contributed by atoms with Gasteiger partial charge in [0.2, 0.25) is 0 Å². The average molecular weight is 317 g/mol. The summed E-state index contributed by atoms with van der Waals surface area (Å²) in [6.07, 6.45) is 1.24. The van der Waals surface area contributed by atoms with Crippen LogP contribution >= 0.6 is 15.9 Å². The van der Waals surface area contributed by atoms with Gasteiger partial charge in [0.05, 0.1) is 0 Å². The monoisotopic (exact) mass is 316 g/mol. The van der Waals surface area contributed by atoms with Gasteiger partial charge in [-0.1, -0.05) is 45.8 Å². The number of carbonyl (C=O) groups is 1. The van der Waals surface area contributed by atoms with Crippen molar-refractivity contribution in [2.45, 2.75) is 6.92 Å². The third-order valence-corrected chi connectivity index (χ3v) is 3.27. The van der Waals surface area contributed by atoms with Crippen molar-refractivity contribution in [3.05, 3.63) is 75.8 Å². The molecule has 0 aliphatic carbocycles. The lowest BCUT2D eigenvalue weighted by molar-refractivity contribution is 0.104. The molecule has 2 aromatic carbocycles. The number of hydrogen-bond donors (Lipinski definition) is 1. The zero-order chi connectivity index (χ0) is 13.8. The van der Waals surface area contributed by atoms with Crippen molar-refractivity contribution in [2.24, 2.45) is 0 Å². The minimum Gasteiger partial charge on any atom is -0.507 e. The van der Waals surface area contributed by atoms with Crippen LogP contribution < -0.4 is 0 Å². The van der Waals surface area contributed by atoms with Crippen molar-refractivity contribution in [2.75, 3.05) is 0 Å². The normalized spacial score (nSPS) is 11.4. The van der Waals surface area contributed by atoms with Crippen LogP contribution in [0, 0.1) is 6.92 Å². The summed E-state index contributed by atoms with van der Waals surface area (Å²) in [5.41, 5.74) is 2.29. The van der Waals surface area contributed by atoms with Gasteiger partial charge >= 0.3 is 0 Å². The second-order valence-corrected chi connectivity index (χ2v) is 5.18. The van der Waals surface area contributed by atoms with Crippen LogP contribution in [0.1, 0.15) is 21.5 Å². The molecule has 0 atom stereocenters. The van der Waals surface area contributed by atoms with Gasteiger partial charge in [-0.3, -0.25) is 4.79 Å². The molecule has 0 aromatic heterocycles. The van der Waals surface area contributed by atoms with Gasteiger partial charge in [-0.15, -0.1) is 0 Å². The Hall–Kier alpha value is -1.87. The van der Waals surface area contributed by atoms with E-state index in [0.717, 1.165) is 10.0 Å². The van der Waals surface area contributed by atoms with Crippen molar-refractivity contribution in [3.8, 4) is 0 Å². The summed E-state index contributed by atoms with van der Waals surface area (Å²) in [6, 6.07) is 14.4. The van der Waals surface area contributed by atoms with Crippen LogP contribution in [0.2, 0.25) is 0 Å². The quantitative estimate of drug-likeness (QED) is 0.513. The van der Waals surface area contributed by atoms with E-state index in [1.165, 1.54) is 6.08 Å². The largest absolute Gasteiger partial charge is 0.507 e. The van der Waals surface area contributed by atoms with E-state index < -0.39 is 0 Å². The van der Waals surface area contributed by atoms with Crippen LogP contribution in [0.25, 0.3) is 5.76 Å². The third-order valence-electron chi connectivity index (χ3n) is 2.74. The second kappa shape index (κ2) is 5.85. The van der Waals surface area contributed by atoms with Crippen LogP contribution in [-0.4, -0.2) is 10.9 Å². The minimum absolute atomic E-state index is 0.0204. The second-order valence-electron chi connectivity index (χ2n) is 4.27. The summed E-state index contributed by atoms with van der Waals surface area (Å²) in [6.45, 7) is 1.97. The molecular formula is C16H13BrO2. The van der Waals surface area contributed by atoms with Gasteiger partial charge in [-0.2, -0.15) is 0 Å². The van der Waals surface area contributed by atoms with Crippen LogP contribution in [0.3, 0.4) is 0 Å². The third kappa shape index (κ3) is 3.55. The molecule has 3 heteroatoms. The number of hydrogen-bond acceptors (Lipinski definition) is 2. The lowest BCUT2D eigenvalue weighted by atomic mass is 10.1. The summed E-state index contributed by atoms with van der Waals surface area (Å²) < 4.78 is 0.913. The molecule has 19 heavy (non-hydrogen) atoms. The number of carbonyl (C=O) groups excluding carboxylic acids is 1.